The first-order valence-corrected chi connectivity index (χ1v) is 8.06. The van der Waals surface area contributed by atoms with E-state index in [2.05, 4.69) is 15.2 Å². The van der Waals surface area contributed by atoms with Gasteiger partial charge in [-0.3, -0.25) is 9.29 Å². The normalized spacial score (nSPS) is 11.5. The summed E-state index contributed by atoms with van der Waals surface area (Å²) in [6.07, 6.45) is 3.22. The van der Waals surface area contributed by atoms with Crippen LogP contribution in [0.1, 0.15) is 5.69 Å². The average Bonchev–Trinajstić information content (AvgIpc) is 2.54. The number of fused-ring (bicyclic) bond motifs is 1. The van der Waals surface area contributed by atoms with Gasteiger partial charge in [-0.2, -0.15) is 5.10 Å². The van der Waals surface area contributed by atoms with Crippen molar-refractivity contribution in [3.63, 3.8) is 0 Å². The zero-order valence-corrected chi connectivity index (χ0v) is 12.9. The average molecular weight is 314 g/mol. The molecular weight excluding hydrogens is 300 g/mol. The third-order valence-electron chi connectivity index (χ3n) is 3.39. The van der Waals surface area contributed by atoms with Crippen LogP contribution in [-0.4, -0.2) is 30.6 Å². The number of nitrogens with zero attached hydrogens (tertiary/aromatic N) is 4. The second-order valence-corrected chi connectivity index (χ2v) is 6.80. The number of aromatic nitrogens is 3. The standard InChI is InChI=1S/C15H14N4O2S/c1-11-6-7-15(18-17-11)19(2)22(20,21)14-5-3-4-12-10-16-9-8-13(12)14/h3-10H,1-2H3. The van der Waals surface area contributed by atoms with Crippen molar-refractivity contribution in [3.8, 4) is 0 Å². The van der Waals surface area contributed by atoms with Crippen LogP contribution in [-0.2, 0) is 10.0 Å². The van der Waals surface area contributed by atoms with Gasteiger partial charge in [0.05, 0.1) is 10.6 Å². The quantitative estimate of drug-likeness (QED) is 0.740. The number of aryl methyl sites for hydroxylation is 1. The minimum atomic E-state index is -3.73. The lowest BCUT2D eigenvalue weighted by atomic mass is 10.2. The molecule has 0 saturated heterocycles. The predicted octanol–water partition coefficient (Wildman–Crippen LogP) is 2.16. The molecule has 6 nitrogen and oxygen atoms in total. The van der Waals surface area contributed by atoms with E-state index in [1.54, 1.807) is 49.6 Å². The smallest absolute Gasteiger partial charge is 0.264 e. The summed E-state index contributed by atoms with van der Waals surface area (Å²) in [5, 5.41) is 9.24. The lowest BCUT2D eigenvalue weighted by molar-refractivity contribution is 0.594. The van der Waals surface area contributed by atoms with Crippen molar-refractivity contribution in [2.24, 2.45) is 0 Å². The summed E-state index contributed by atoms with van der Waals surface area (Å²) in [4.78, 5) is 4.24. The van der Waals surface area contributed by atoms with Gasteiger partial charge in [-0.05, 0) is 31.2 Å². The van der Waals surface area contributed by atoms with E-state index in [9.17, 15) is 8.42 Å². The molecule has 0 atom stereocenters. The first kappa shape index (κ1) is 14.4. The van der Waals surface area contributed by atoms with E-state index in [0.717, 1.165) is 15.4 Å². The molecule has 0 aliphatic rings. The molecule has 0 unspecified atom stereocenters. The van der Waals surface area contributed by atoms with E-state index in [4.69, 9.17) is 0 Å². The highest BCUT2D eigenvalue weighted by Crippen LogP contribution is 2.26. The summed E-state index contributed by atoms with van der Waals surface area (Å²) in [6.45, 7) is 1.79. The Hall–Kier alpha value is -2.54. The van der Waals surface area contributed by atoms with Crippen LogP contribution in [0, 0.1) is 6.92 Å². The van der Waals surface area contributed by atoms with Crippen LogP contribution in [0.5, 0.6) is 0 Å². The van der Waals surface area contributed by atoms with Crippen LogP contribution in [0.2, 0.25) is 0 Å². The van der Waals surface area contributed by atoms with Gasteiger partial charge in [0.15, 0.2) is 5.82 Å². The molecule has 0 aliphatic carbocycles. The molecule has 0 N–H and O–H groups in total. The Labute approximate surface area is 128 Å². The third kappa shape index (κ3) is 2.39. The maximum Gasteiger partial charge on any atom is 0.265 e. The zero-order chi connectivity index (χ0) is 15.7. The minimum absolute atomic E-state index is 0.220. The number of pyridine rings is 1. The Morgan fingerprint density at radius 3 is 2.59 bits per heavy atom. The lowest BCUT2D eigenvalue weighted by Gasteiger charge is -2.19. The van der Waals surface area contributed by atoms with Crippen LogP contribution in [0.3, 0.4) is 0 Å². The highest BCUT2D eigenvalue weighted by atomic mass is 32.2. The molecule has 3 rings (SSSR count). The Morgan fingerprint density at radius 2 is 1.86 bits per heavy atom. The largest absolute Gasteiger partial charge is 0.265 e. The third-order valence-corrected chi connectivity index (χ3v) is 5.21. The Balaban J connectivity index is 2.14. The first-order valence-electron chi connectivity index (χ1n) is 6.62. The maximum atomic E-state index is 12.9. The molecule has 0 fully saturated rings. The van der Waals surface area contributed by atoms with Gasteiger partial charge >= 0.3 is 0 Å². The summed E-state index contributed by atoms with van der Waals surface area (Å²) >= 11 is 0. The first-order chi connectivity index (χ1) is 10.5. The second kappa shape index (κ2) is 5.34. The van der Waals surface area contributed by atoms with Crippen LogP contribution < -0.4 is 4.31 Å². The van der Waals surface area contributed by atoms with E-state index < -0.39 is 10.0 Å². The SMILES string of the molecule is Cc1ccc(N(C)S(=O)(=O)c2cccc3cnccc23)nn1. The van der Waals surface area contributed by atoms with E-state index in [-0.39, 0.29) is 10.7 Å². The number of rotatable bonds is 3. The van der Waals surface area contributed by atoms with Gasteiger partial charge in [-0.1, -0.05) is 12.1 Å². The van der Waals surface area contributed by atoms with E-state index in [1.165, 1.54) is 7.05 Å². The van der Waals surface area contributed by atoms with Gasteiger partial charge in [0.25, 0.3) is 10.0 Å². The maximum absolute atomic E-state index is 12.9. The molecule has 0 amide bonds. The number of benzene rings is 1. The zero-order valence-electron chi connectivity index (χ0n) is 12.1. The van der Waals surface area contributed by atoms with Gasteiger partial charge in [0.2, 0.25) is 0 Å². The fourth-order valence-corrected chi connectivity index (χ4v) is 3.50. The summed E-state index contributed by atoms with van der Waals surface area (Å²) in [5.74, 6) is 0.275. The van der Waals surface area contributed by atoms with E-state index >= 15 is 0 Å². The molecule has 2 heterocycles. The minimum Gasteiger partial charge on any atom is -0.264 e. The molecule has 0 saturated carbocycles. The molecule has 0 aliphatic heterocycles. The van der Waals surface area contributed by atoms with Crippen molar-refractivity contribution in [2.45, 2.75) is 11.8 Å². The molecular formula is C15H14N4O2S. The van der Waals surface area contributed by atoms with E-state index in [1.807, 2.05) is 6.07 Å². The van der Waals surface area contributed by atoms with Crippen LogP contribution >= 0.6 is 0 Å². The van der Waals surface area contributed by atoms with Gasteiger partial charge in [-0.15, -0.1) is 5.10 Å². The monoisotopic (exact) mass is 314 g/mol. The second-order valence-electron chi connectivity index (χ2n) is 4.86. The Kier molecular flexibility index (Phi) is 3.50. The van der Waals surface area contributed by atoms with Crippen molar-refractivity contribution in [1.82, 2.24) is 15.2 Å². The van der Waals surface area contributed by atoms with Crippen molar-refractivity contribution in [2.75, 3.05) is 11.4 Å². The fourth-order valence-electron chi connectivity index (χ4n) is 2.15. The number of hydrogen-bond donors (Lipinski definition) is 0. The highest BCUT2D eigenvalue weighted by molar-refractivity contribution is 7.93. The van der Waals surface area contributed by atoms with Crippen LogP contribution in [0.4, 0.5) is 5.82 Å². The molecule has 3 aromatic rings. The van der Waals surface area contributed by atoms with Crippen molar-refractivity contribution in [1.29, 1.82) is 0 Å². The van der Waals surface area contributed by atoms with Gasteiger partial charge in [0, 0.05) is 30.2 Å². The summed E-state index contributed by atoms with van der Waals surface area (Å²) in [6, 6.07) is 10.2. The van der Waals surface area contributed by atoms with Crippen molar-refractivity contribution < 1.29 is 8.42 Å². The van der Waals surface area contributed by atoms with E-state index in [0.29, 0.717) is 5.39 Å². The van der Waals surface area contributed by atoms with Gasteiger partial charge < -0.3 is 0 Å². The summed E-state index contributed by atoms with van der Waals surface area (Å²) < 4.78 is 26.9. The molecule has 0 radical (unpaired) electrons. The summed E-state index contributed by atoms with van der Waals surface area (Å²) in [7, 11) is -2.26. The Bertz CT molecular complexity index is 918. The molecule has 7 heteroatoms. The predicted molar refractivity (Wildman–Crippen MR) is 84.1 cm³/mol. The molecule has 2 aromatic heterocycles. The van der Waals surface area contributed by atoms with Crippen molar-refractivity contribution >= 4 is 26.6 Å². The van der Waals surface area contributed by atoms with Crippen LogP contribution in [0.15, 0.2) is 53.7 Å². The molecule has 0 spiro atoms. The fraction of sp³-hybridized carbons (Fsp3) is 0.133. The number of hydrogen-bond acceptors (Lipinski definition) is 5. The van der Waals surface area contributed by atoms with Gasteiger partial charge in [-0.25, -0.2) is 8.42 Å². The molecule has 22 heavy (non-hydrogen) atoms. The topological polar surface area (TPSA) is 76.1 Å². The highest BCUT2D eigenvalue weighted by Gasteiger charge is 2.24. The van der Waals surface area contributed by atoms with Crippen LogP contribution in [0.25, 0.3) is 10.8 Å². The number of sulfonamides is 1. The van der Waals surface area contributed by atoms with Gasteiger partial charge in [0.1, 0.15) is 0 Å². The van der Waals surface area contributed by atoms with Crippen molar-refractivity contribution in [3.05, 3.63) is 54.5 Å². The molecule has 1 aromatic carbocycles. The molecule has 112 valence electrons. The summed E-state index contributed by atoms with van der Waals surface area (Å²) in [5.41, 5.74) is 0.728. The Morgan fingerprint density at radius 1 is 1.05 bits per heavy atom. The number of anilines is 1. The lowest BCUT2D eigenvalue weighted by Crippen LogP contribution is -2.27. The molecule has 0 bridgehead atoms.